The van der Waals surface area contributed by atoms with Crippen LogP contribution in [0, 0.1) is 5.41 Å². The Bertz CT molecular complexity index is 488. The number of carboxylic acids is 1. The van der Waals surface area contributed by atoms with Gasteiger partial charge in [-0.3, -0.25) is 15.0 Å². The smallest absolute Gasteiger partial charge is 0.322 e. The summed E-state index contributed by atoms with van der Waals surface area (Å²) in [6.07, 6.45) is 0. The Kier molecular flexibility index (Phi) is 4.22. The van der Waals surface area contributed by atoms with Crippen LogP contribution in [0.1, 0.15) is 5.56 Å². The Morgan fingerprint density at radius 2 is 2.12 bits per heavy atom. The number of aliphatic carboxylic acids is 1. The quantitative estimate of drug-likeness (QED) is 0.602. The van der Waals surface area contributed by atoms with E-state index in [1.807, 2.05) is 0 Å². The highest BCUT2D eigenvalue weighted by atomic mass is 79.9. The Balaban J connectivity index is 3.07. The molecule has 0 spiro atoms. The summed E-state index contributed by atoms with van der Waals surface area (Å²) >= 11 is 3.22. The Morgan fingerprint density at radius 1 is 1.47 bits per heavy atom. The molecular formula is C10H10BrN3O3. The topological polar surface area (TPSA) is 116 Å². The summed E-state index contributed by atoms with van der Waals surface area (Å²) in [5, 5.41) is 18.7. The highest BCUT2D eigenvalue weighted by molar-refractivity contribution is 9.10. The van der Waals surface area contributed by atoms with Crippen LogP contribution in [-0.2, 0) is 9.59 Å². The Morgan fingerprint density at radius 3 is 2.65 bits per heavy atom. The standard InChI is InChI=1S/C10H10BrN3O3/c11-5-1-2-6(9(12)10(13)17)7(3-5)14-4-8(15)16/h1-3,12,14H,4H2,(H2,13,17)(H,15,16). The number of nitrogens with one attached hydrogen (secondary N) is 2. The van der Waals surface area contributed by atoms with Gasteiger partial charge in [0.15, 0.2) is 0 Å². The van der Waals surface area contributed by atoms with Crippen LogP contribution in [0.5, 0.6) is 0 Å². The van der Waals surface area contributed by atoms with Crippen molar-refractivity contribution in [1.29, 1.82) is 5.41 Å². The molecule has 0 radical (unpaired) electrons. The first-order chi connectivity index (χ1) is 7.91. The molecule has 17 heavy (non-hydrogen) atoms. The lowest BCUT2D eigenvalue weighted by atomic mass is 10.1. The first-order valence-electron chi connectivity index (χ1n) is 4.55. The molecular weight excluding hydrogens is 290 g/mol. The van der Waals surface area contributed by atoms with E-state index in [0.29, 0.717) is 10.2 Å². The minimum atomic E-state index is -1.04. The average Bonchev–Trinajstić information content (AvgIpc) is 2.25. The molecule has 1 amide bonds. The third-order valence-electron chi connectivity index (χ3n) is 1.93. The zero-order chi connectivity index (χ0) is 13.0. The largest absolute Gasteiger partial charge is 0.480 e. The first kappa shape index (κ1) is 13.2. The van der Waals surface area contributed by atoms with Gasteiger partial charge in [-0.15, -0.1) is 0 Å². The first-order valence-corrected chi connectivity index (χ1v) is 5.35. The third-order valence-corrected chi connectivity index (χ3v) is 2.42. The SMILES string of the molecule is N=C(C(N)=O)c1ccc(Br)cc1NCC(=O)O. The van der Waals surface area contributed by atoms with Crippen LogP contribution >= 0.6 is 15.9 Å². The second-order valence-electron chi connectivity index (χ2n) is 3.18. The lowest BCUT2D eigenvalue weighted by Crippen LogP contribution is -2.25. The van der Waals surface area contributed by atoms with Crippen molar-refractivity contribution in [3.63, 3.8) is 0 Å². The molecule has 0 aliphatic rings. The molecule has 0 aliphatic carbocycles. The number of nitrogens with two attached hydrogens (primary N) is 1. The van der Waals surface area contributed by atoms with E-state index in [1.54, 1.807) is 12.1 Å². The number of carboxylic acid groups (broad SMARTS) is 1. The fourth-order valence-corrected chi connectivity index (χ4v) is 1.55. The molecule has 0 fully saturated rings. The zero-order valence-corrected chi connectivity index (χ0v) is 10.2. The molecule has 90 valence electrons. The maximum absolute atomic E-state index is 10.9. The normalized spacial score (nSPS) is 9.71. The van der Waals surface area contributed by atoms with Crippen molar-refractivity contribution in [2.45, 2.75) is 0 Å². The number of halogens is 1. The predicted octanol–water partition coefficient (Wildman–Crippen LogP) is 0.799. The summed E-state index contributed by atoms with van der Waals surface area (Å²) in [5.41, 5.74) is 5.27. The highest BCUT2D eigenvalue weighted by Gasteiger charge is 2.13. The number of hydrogen-bond acceptors (Lipinski definition) is 4. The van der Waals surface area contributed by atoms with Crippen molar-refractivity contribution in [2.75, 3.05) is 11.9 Å². The van der Waals surface area contributed by atoms with Gasteiger partial charge in [0.05, 0.1) is 0 Å². The molecule has 1 aromatic carbocycles. The molecule has 0 bridgehead atoms. The number of carbonyl (C=O) groups excluding carboxylic acids is 1. The van der Waals surface area contributed by atoms with Gasteiger partial charge in [0.1, 0.15) is 12.3 Å². The van der Waals surface area contributed by atoms with E-state index in [4.69, 9.17) is 16.2 Å². The molecule has 1 rings (SSSR count). The van der Waals surface area contributed by atoms with Gasteiger partial charge < -0.3 is 16.2 Å². The molecule has 0 atom stereocenters. The summed E-state index contributed by atoms with van der Waals surface area (Å²) in [4.78, 5) is 21.4. The molecule has 7 heteroatoms. The van der Waals surface area contributed by atoms with E-state index in [0.717, 1.165) is 0 Å². The molecule has 0 aliphatic heterocycles. The molecule has 0 saturated carbocycles. The number of primary amides is 1. The van der Waals surface area contributed by atoms with Crippen LogP contribution in [-0.4, -0.2) is 29.2 Å². The van der Waals surface area contributed by atoms with Crippen molar-refractivity contribution in [1.82, 2.24) is 0 Å². The van der Waals surface area contributed by atoms with E-state index in [-0.39, 0.29) is 17.8 Å². The maximum atomic E-state index is 10.9. The Hall–Kier alpha value is -1.89. The number of carbonyl (C=O) groups is 2. The van der Waals surface area contributed by atoms with E-state index in [2.05, 4.69) is 21.2 Å². The third kappa shape index (κ3) is 3.56. The average molecular weight is 300 g/mol. The minimum Gasteiger partial charge on any atom is -0.480 e. The van der Waals surface area contributed by atoms with Crippen molar-refractivity contribution < 1.29 is 14.7 Å². The molecule has 0 heterocycles. The second-order valence-corrected chi connectivity index (χ2v) is 4.09. The molecule has 0 aromatic heterocycles. The van der Waals surface area contributed by atoms with Crippen LogP contribution in [0.3, 0.4) is 0 Å². The fourth-order valence-electron chi connectivity index (χ4n) is 1.18. The fraction of sp³-hybridized carbons (Fsp3) is 0.100. The van der Waals surface area contributed by atoms with Crippen molar-refractivity contribution >= 4 is 39.2 Å². The van der Waals surface area contributed by atoms with Gasteiger partial charge in [-0.2, -0.15) is 0 Å². The van der Waals surface area contributed by atoms with Gasteiger partial charge in [0.25, 0.3) is 5.91 Å². The van der Waals surface area contributed by atoms with Crippen LogP contribution in [0.25, 0.3) is 0 Å². The van der Waals surface area contributed by atoms with E-state index < -0.39 is 11.9 Å². The van der Waals surface area contributed by atoms with Crippen LogP contribution < -0.4 is 11.1 Å². The molecule has 1 aromatic rings. The van der Waals surface area contributed by atoms with E-state index >= 15 is 0 Å². The number of amides is 1. The zero-order valence-electron chi connectivity index (χ0n) is 8.66. The van der Waals surface area contributed by atoms with E-state index in [1.165, 1.54) is 6.07 Å². The van der Waals surface area contributed by atoms with Crippen molar-refractivity contribution in [2.24, 2.45) is 5.73 Å². The minimum absolute atomic E-state index is 0.266. The highest BCUT2D eigenvalue weighted by Crippen LogP contribution is 2.21. The monoisotopic (exact) mass is 299 g/mol. The molecule has 0 unspecified atom stereocenters. The van der Waals surface area contributed by atoms with Gasteiger partial charge in [-0.25, -0.2) is 0 Å². The Labute approximate surface area is 105 Å². The molecule has 0 saturated heterocycles. The molecule has 5 N–H and O–H groups in total. The summed E-state index contributed by atoms with van der Waals surface area (Å²) in [7, 11) is 0. The van der Waals surface area contributed by atoms with Gasteiger partial charge >= 0.3 is 5.97 Å². The number of anilines is 1. The van der Waals surface area contributed by atoms with Crippen LogP contribution in [0.2, 0.25) is 0 Å². The maximum Gasteiger partial charge on any atom is 0.322 e. The van der Waals surface area contributed by atoms with Gasteiger partial charge in [-0.1, -0.05) is 15.9 Å². The number of rotatable bonds is 5. The van der Waals surface area contributed by atoms with Crippen LogP contribution in [0.4, 0.5) is 5.69 Å². The van der Waals surface area contributed by atoms with Gasteiger partial charge in [0, 0.05) is 15.7 Å². The predicted molar refractivity (Wildman–Crippen MR) is 66.3 cm³/mol. The number of benzene rings is 1. The summed E-state index contributed by atoms with van der Waals surface area (Å²) in [6, 6.07) is 4.73. The summed E-state index contributed by atoms with van der Waals surface area (Å²) < 4.78 is 0.700. The lowest BCUT2D eigenvalue weighted by Gasteiger charge is -2.10. The lowest BCUT2D eigenvalue weighted by molar-refractivity contribution is -0.134. The van der Waals surface area contributed by atoms with Crippen molar-refractivity contribution in [3.8, 4) is 0 Å². The number of hydrogen-bond donors (Lipinski definition) is 4. The molecule has 6 nitrogen and oxygen atoms in total. The summed E-state index contributed by atoms with van der Waals surface area (Å²) in [5.74, 6) is -1.91. The van der Waals surface area contributed by atoms with Crippen molar-refractivity contribution in [3.05, 3.63) is 28.2 Å². The van der Waals surface area contributed by atoms with E-state index in [9.17, 15) is 9.59 Å². The second kappa shape index (κ2) is 5.44. The van der Waals surface area contributed by atoms with Crippen LogP contribution in [0.15, 0.2) is 22.7 Å². The summed E-state index contributed by atoms with van der Waals surface area (Å²) in [6.45, 7) is -0.310. The van der Waals surface area contributed by atoms with Gasteiger partial charge in [-0.05, 0) is 18.2 Å². The van der Waals surface area contributed by atoms with Gasteiger partial charge in [0.2, 0.25) is 0 Å².